The van der Waals surface area contributed by atoms with E-state index >= 15 is 0 Å². The Kier molecular flexibility index (Phi) is 4.72. The van der Waals surface area contributed by atoms with Crippen molar-refractivity contribution in [3.05, 3.63) is 46.3 Å². The maximum absolute atomic E-state index is 12.8. The van der Waals surface area contributed by atoms with Gasteiger partial charge in [0.2, 0.25) is 6.29 Å². The molecule has 1 aromatic heterocycles. The first-order chi connectivity index (χ1) is 14.6. The molecule has 9 heteroatoms. The molecule has 31 heavy (non-hydrogen) atoms. The van der Waals surface area contributed by atoms with E-state index in [4.69, 9.17) is 32.8 Å². The highest BCUT2D eigenvalue weighted by Gasteiger charge is 2.60. The Labute approximate surface area is 178 Å². The fourth-order valence-electron chi connectivity index (χ4n) is 4.24. The average molecular weight is 432 g/mol. The molecule has 0 N–H and O–H groups in total. The smallest absolute Gasteiger partial charge is 0.351 e. The zero-order valence-electron chi connectivity index (χ0n) is 17.7. The summed E-state index contributed by atoms with van der Waals surface area (Å²) >= 11 is 0. The number of esters is 1. The Morgan fingerprint density at radius 2 is 1.74 bits per heavy atom. The maximum atomic E-state index is 12.8. The summed E-state index contributed by atoms with van der Waals surface area (Å²) in [5.74, 6) is -2.50. The van der Waals surface area contributed by atoms with Crippen LogP contribution >= 0.6 is 0 Å². The molecule has 1 aromatic carbocycles. The predicted molar refractivity (Wildman–Crippen MR) is 105 cm³/mol. The number of benzene rings is 1. The van der Waals surface area contributed by atoms with Crippen LogP contribution in [0.5, 0.6) is 0 Å². The van der Waals surface area contributed by atoms with Crippen molar-refractivity contribution in [2.45, 2.75) is 70.0 Å². The van der Waals surface area contributed by atoms with Crippen LogP contribution < -0.4 is 5.63 Å². The van der Waals surface area contributed by atoms with Crippen molar-refractivity contribution in [3.8, 4) is 0 Å². The highest BCUT2D eigenvalue weighted by molar-refractivity contribution is 5.92. The van der Waals surface area contributed by atoms with E-state index < -0.39 is 53.9 Å². The highest BCUT2D eigenvalue weighted by atomic mass is 16.8. The van der Waals surface area contributed by atoms with Crippen molar-refractivity contribution in [3.63, 3.8) is 0 Å². The third kappa shape index (κ3) is 3.77. The van der Waals surface area contributed by atoms with Crippen molar-refractivity contribution in [2.75, 3.05) is 6.61 Å². The quantitative estimate of drug-likeness (QED) is 0.534. The third-order valence-electron chi connectivity index (χ3n) is 5.53. The first kappa shape index (κ1) is 20.6. The van der Waals surface area contributed by atoms with Crippen LogP contribution in [0.4, 0.5) is 0 Å². The van der Waals surface area contributed by atoms with Gasteiger partial charge in [-0.05, 0) is 39.8 Å². The van der Waals surface area contributed by atoms with E-state index in [0.717, 1.165) is 0 Å². The number of carbonyl (C=O) groups is 1. The molecule has 5 rings (SSSR count). The molecule has 3 fully saturated rings. The van der Waals surface area contributed by atoms with E-state index in [1.54, 1.807) is 38.1 Å². The molecule has 5 atom stereocenters. The summed E-state index contributed by atoms with van der Waals surface area (Å²) in [6.07, 6.45) is -3.27. The van der Waals surface area contributed by atoms with E-state index in [1.807, 2.05) is 13.8 Å². The summed E-state index contributed by atoms with van der Waals surface area (Å²) in [7, 11) is 0. The van der Waals surface area contributed by atoms with Gasteiger partial charge in [-0.3, -0.25) is 0 Å². The summed E-state index contributed by atoms with van der Waals surface area (Å²) in [6.45, 7) is 7.47. The van der Waals surface area contributed by atoms with Gasteiger partial charge in [-0.1, -0.05) is 18.2 Å². The topological polar surface area (TPSA) is 103 Å². The Balaban J connectivity index is 1.39. The first-order valence-electron chi connectivity index (χ1n) is 10.2. The van der Waals surface area contributed by atoms with Gasteiger partial charge in [0.15, 0.2) is 17.7 Å². The van der Waals surface area contributed by atoms with Crippen LogP contribution in [0, 0.1) is 0 Å². The van der Waals surface area contributed by atoms with E-state index in [-0.39, 0.29) is 5.56 Å². The van der Waals surface area contributed by atoms with Crippen LogP contribution in [-0.4, -0.2) is 54.9 Å². The lowest BCUT2D eigenvalue weighted by molar-refractivity contribution is -0.235. The number of ether oxygens (including phenoxy) is 6. The highest BCUT2D eigenvalue weighted by Crippen LogP contribution is 2.42. The fraction of sp³-hybridized carbons (Fsp3) is 0.545. The van der Waals surface area contributed by atoms with Crippen LogP contribution in [0.3, 0.4) is 0 Å². The molecule has 9 nitrogen and oxygen atoms in total. The molecule has 4 heterocycles. The largest absolute Gasteiger partial charge is 0.429 e. The fourth-order valence-corrected chi connectivity index (χ4v) is 4.24. The first-order valence-corrected chi connectivity index (χ1v) is 10.2. The summed E-state index contributed by atoms with van der Waals surface area (Å²) in [4.78, 5) is 25.2. The van der Waals surface area contributed by atoms with Crippen molar-refractivity contribution in [2.24, 2.45) is 0 Å². The molecule has 2 aromatic rings. The number of hydrogen-bond acceptors (Lipinski definition) is 9. The lowest BCUT2D eigenvalue weighted by Crippen LogP contribution is -2.40. The van der Waals surface area contributed by atoms with E-state index in [1.165, 1.54) is 6.07 Å². The van der Waals surface area contributed by atoms with Crippen LogP contribution in [0.1, 0.15) is 38.1 Å². The number of rotatable bonds is 3. The van der Waals surface area contributed by atoms with Crippen LogP contribution in [0.2, 0.25) is 0 Å². The zero-order valence-corrected chi connectivity index (χ0v) is 17.7. The van der Waals surface area contributed by atoms with Gasteiger partial charge in [0, 0.05) is 5.39 Å². The maximum Gasteiger partial charge on any atom is 0.351 e. The molecule has 0 unspecified atom stereocenters. The molecule has 0 spiro atoms. The Hall–Kier alpha value is -2.30. The van der Waals surface area contributed by atoms with Crippen LogP contribution in [0.25, 0.3) is 11.0 Å². The second kappa shape index (κ2) is 7.11. The molecule has 3 aliphatic rings. The summed E-state index contributed by atoms with van der Waals surface area (Å²) in [5, 5.41) is 0.609. The minimum atomic E-state index is -1.08. The van der Waals surface area contributed by atoms with Gasteiger partial charge >= 0.3 is 11.6 Å². The Morgan fingerprint density at radius 3 is 2.48 bits per heavy atom. The molecule has 166 valence electrons. The molecular weight excluding hydrogens is 408 g/mol. The average Bonchev–Trinajstić information content (AvgIpc) is 3.31. The number of hydrogen-bond donors (Lipinski definition) is 0. The minimum Gasteiger partial charge on any atom is -0.429 e. The van der Waals surface area contributed by atoms with Gasteiger partial charge in [-0.25, -0.2) is 9.59 Å². The molecule has 3 aliphatic heterocycles. The molecule has 0 radical (unpaired) electrons. The van der Waals surface area contributed by atoms with E-state index in [2.05, 4.69) is 0 Å². The SMILES string of the molecule is CC1(C)O[C@@H]2[C@H](O1)[C@@H](OC(=O)c1cc3ccccc3oc1=O)O[C@@H]2[C@H]1COC(C)(C)O1. The third-order valence-corrected chi connectivity index (χ3v) is 5.53. The molecule has 3 saturated heterocycles. The van der Waals surface area contributed by atoms with E-state index in [0.29, 0.717) is 17.6 Å². The van der Waals surface area contributed by atoms with Gasteiger partial charge in [0.05, 0.1) is 6.61 Å². The number of fused-ring (bicyclic) bond motifs is 2. The summed E-state index contributed by atoms with van der Waals surface area (Å²) in [5.41, 5.74) is -0.619. The van der Waals surface area contributed by atoms with Crippen molar-refractivity contribution >= 4 is 16.9 Å². The molecule has 0 amide bonds. The van der Waals surface area contributed by atoms with Crippen molar-refractivity contribution in [1.82, 2.24) is 0 Å². The van der Waals surface area contributed by atoms with Gasteiger partial charge in [0.25, 0.3) is 0 Å². The second-order valence-corrected chi connectivity index (χ2v) is 8.79. The molecule has 0 aliphatic carbocycles. The predicted octanol–water partition coefficient (Wildman–Crippen LogP) is 2.35. The van der Waals surface area contributed by atoms with Crippen molar-refractivity contribution in [1.29, 1.82) is 0 Å². The normalized spacial score (nSPS) is 33.5. The van der Waals surface area contributed by atoms with Gasteiger partial charge in [-0.2, -0.15) is 0 Å². The number of carbonyl (C=O) groups excluding carboxylic acids is 1. The van der Waals surface area contributed by atoms with Gasteiger partial charge in [0.1, 0.15) is 29.5 Å². The van der Waals surface area contributed by atoms with Crippen molar-refractivity contribution < 1.29 is 37.6 Å². The molecule has 0 saturated carbocycles. The second-order valence-electron chi connectivity index (χ2n) is 8.79. The number of para-hydroxylation sites is 1. The lowest BCUT2D eigenvalue weighted by atomic mass is 10.1. The lowest BCUT2D eigenvalue weighted by Gasteiger charge is -2.26. The van der Waals surface area contributed by atoms with Crippen LogP contribution in [-0.2, 0) is 28.4 Å². The molecule has 0 bridgehead atoms. The minimum absolute atomic E-state index is 0.220. The summed E-state index contributed by atoms with van der Waals surface area (Å²) < 4.78 is 40.3. The molecular formula is C22H24O9. The van der Waals surface area contributed by atoms with Gasteiger partial charge in [-0.15, -0.1) is 0 Å². The Morgan fingerprint density at radius 1 is 1.00 bits per heavy atom. The monoisotopic (exact) mass is 432 g/mol. The van der Waals surface area contributed by atoms with Crippen LogP contribution in [0.15, 0.2) is 39.5 Å². The Bertz CT molecular complexity index is 1070. The zero-order chi connectivity index (χ0) is 22.0. The van der Waals surface area contributed by atoms with E-state index in [9.17, 15) is 9.59 Å². The summed E-state index contributed by atoms with van der Waals surface area (Å²) in [6, 6.07) is 8.36. The standard InChI is InChI=1S/C22H24O9/c1-21(2)25-10-14(29-21)15-16-17(31-22(3,4)30-16)20(27-15)28-19(24)12-9-11-7-5-6-8-13(11)26-18(12)23/h5-9,14-17,20H,10H2,1-4H3/t14-,15-,16+,17+,20-/m1/s1. The van der Waals surface area contributed by atoms with Gasteiger partial charge < -0.3 is 32.8 Å².